The Hall–Kier alpha value is -2.63. The van der Waals surface area contributed by atoms with Gasteiger partial charge < -0.3 is 4.42 Å². The smallest absolute Gasteiger partial charge is 0.305 e. The van der Waals surface area contributed by atoms with Gasteiger partial charge in [-0.15, -0.1) is 0 Å². The van der Waals surface area contributed by atoms with Crippen molar-refractivity contribution in [3.8, 4) is 0 Å². The first-order chi connectivity index (χ1) is 8.27. The molecule has 2 aromatic heterocycles. The molecule has 0 aliphatic heterocycles. The van der Waals surface area contributed by atoms with Crippen molar-refractivity contribution >= 4 is 11.8 Å². The first-order valence-electron chi connectivity index (χ1n) is 4.82. The van der Waals surface area contributed by atoms with Gasteiger partial charge in [0.1, 0.15) is 5.69 Å². The Kier molecular flexibility index (Phi) is 3.15. The van der Waals surface area contributed by atoms with Crippen LogP contribution in [0.4, 0.5) is 0 Å². The lowest BCUT2D eigenvalue weighted by Crippen LogP contribution is -2.41. The Balaban J connectivity index is 1.91. The van der Waals surface area contributed by atoms with E-state index in [9.17, 15) is 9.59 Å². The number of carbonyl (C=O) groups excluding carboxylic acids is 2. The molecule has 0 fully saturated rings. The SMILES string of the molecule is O=C(NNC(=O)c1ccco1)c1ccccn1. The van der Waals surface area contributed by atoms with Crippen LogP contribution in [0.5, 0.6) is 0 Å². The standard InChI is InChI=1S/C11H9N3O3/c15-10(8-4-1-2-6-12-8)13-14-11(16)9-5-3-7-17-9/h1-7H,(H,13,15)(H,14,16). The molecule has 0 unspecified atom stereocenters. The average Bonchev–Trinajstić information content (AvgIpc) is 2.90. The highest BCUT2D eigenvalue weighted by Crippen LogP contribution is 1.98. The first kappa shape index (κ1) is 10.9. The number of furan rings is 1. The molecular formula is C11H9N3O3. The van der Waals surface area contributed by atoms with Crippen molar-refractivity contribution in [1.82, 2.24) is 15.8 Å². The molecule has 17 heavy (non-hydrogen) atoms. The van der Waals surface area contributed by atoms with Crippen LogP contribution in [-0.2, 0) is 0 Å². The minimum Gasteiger partial charge on any atom is -0.459 e. The van der Waals surface area contributed by atoms with Crippen LogP contribution >= 0.6 is 0 Å². The molecule has 0 atom stereocenters. The zero-order chi connectivity index (χ0) is 12.1. The van der Waals surface area contributed by atoms with Gasteiger partial charge in [-0.1, -0.05) is 6.07 Å². The number of pyridine rings is 1. The van der Waals surface area contributed by atoms with Gasteiger partial charge in [0, 0.05) is 6.20 Å². The van der Waals surface area contributed by atoms with E-state index in [0.717, 1.165) is 0 Å². The Morgan fingerprint density at radius 1 is 1.06 bits per heavy atom. The topological polar surface area (TPSA) is 84.2 Å². The van der Waals surface area contributed by atoms with Gasteiger partial charge in [0.25, 0.3) is 5.91 Å². The fourth-order valence-electron chi connectivity index (χ4n) is 1.14. The predicted molar refractivity (Wildman–Crippen MR) is 57.9 cm³/mol. The molecule has 0 spiro atoms. The summed E-state index contributed by atoms with van der Waals surface area (Å²) in [6, 6.07) is 7.97. The largest absolute Gasteiger partial charge is 0.459 e. The summed E-state index contributed by atoms with van der Waals surface area (Å²) < 4.78 is 4.85. The second-order valence-electron chi connectivity index (χ2n) is 3.10. The van der Waals surface area contributed by atoms with E-state index in [1.807, 2.05) is 0 Å². The van der Waals surface area contributed by atoms with Gasteiger partial charge in [-0.3, -0.25) is 25.4 Å². The lowest BCUT2D eigenvalue weighted by molar-refractivity contribution is 0.0828. The lowest BCUT2D eigenvalue weighted by atomic mass is 10.3. The number of aromatic nitrogens is 1. The van der Waals surface area contributed by atoms with E-state index in [1.54, 1.807) is 18.2 Å². The maximum absolute atomic E-state index is 11.5. The molecule has 2 N–H and O–H groups in total. The molecule has 6 nitrogen and oxygen atoms in total. The monoisotopic (exact) mass is 231 g/mol. The van der Waals surface area contributed by atoms with Crippen molar-refractivity contribution in [3.63, 3.8) is 0 Å². The third-order valence-corrected chi connectivity index (χ3v) is 1.93. The molecule has 2 aromatic rings. The molecule has 0 aliphatic carbocycles. The summed E-state index contributed by atoms with van der Waals surface area (Å²) in [6.45, 7) is 0. The highest BCUT2D eigenvalue weighted by molar-refractivity contribution is 5.96. The molecule has 0 aliphatic rings. The summed E-state index contributed by atoms with van der Waals surface area (Å²) in [5.74, 6) is -0.906. The number of carbonyl (C=O) groups is 2. The maximum Gasteiger partial charge on any atom is 0.305 e. The Morgan fingerprint density at radius 3 is 2.53 bits per heavy atom. The normalized spacial score (nSPS) is 9.65. The van der Waals surface area contributed by atoms with Gasteiger partial charge in [-0.05, 0) is 24.3 Å². The summed E-state index contributed by atoms with van der Waals surface area (Å²) in [7, 11) is 0. The van der Waals surface area contributed by atoms with Gasteiger partial charge in [0.05, 0.1) is 6.26 Å². The van der Waals surface area contributed by atoms with Crippen LogP contribution in [0.2, 0.25) is 0 Å². The number of hydrogen-bond donors (Lipinski definition) is 2. The number of nitrogens with one attached hydrogen (secondary N) is 2. The fourth-order valence-corrected chi connectivity index (χ4v) is 1.14. The minimum absolute atomic E-state index is 0.117. The highest BCUT2D eigenvalue weighted by atomic mass is 16.3. The molecule has 0 aromatic carbocycles. The second-order valence-corrected chi connectivity index (χ2v) is 3.10. The highest BCUT2D eigenvalue weighted by Gasteiger charge is 2.10. The van der Waals surface area contributed by atoms with Crippen molar-refractivity contribution in [3.05, 3.63) is 54.2 Å². The van der Waals surface area contributed by atoms with Gasteiger partial charge in [-0.2, -0.15) is 0 Å². The van der Waals surface area contributed by atoms with Crippen LogP contribution in [0.15, 0.2) is 47.2 Å². The van der Waals surface area contributed by atoms with Gasteiger partial charge >= 0.3 is 5.91 Å². The summed E-state index contributed by atoms with van der Waals surface area (Å²) in [6.07, 6.45) is 2.86. The number of rotatable bonds is 2. The summed E-state index contributed by atoms with van der Waals surface area (Å²) in [5, 5.41) is 0. The molecule has 0 saturated carbocycles. The van der Waals surface area contributed by atoms with E-state index in [4.69, 9.17) is 4.42 Å². The maximum atomic E-state index is 11.5. The number of amides is 2. The van der Waals surface area contributed by atoms with Crippen molar-refractivity contribution < 1.29 is 14.0 Å². The molecule has 0 bridgehead atoms. The van der Waals surface area contributed by atoms with Crippen LogP contribution in [0, 0.1) is 0 Å². The quantitative estimate of drug-likeness (QED) is 0.747. The van der Waals surface area contributed by atoms with Crippen LogP contribution in [0.3, 0.4) is 0 Å². The number of nitrogens with zero attached hydrogens (tertiary/aromatic N) is 1. The van der Waals surface area contributed by atoms with E-state index < -0.39 is 11.8 Å². The number of hydrazine groups is 1. The van der Waals surface area contributed by atoms with Crippen LogP contribution < -0.4 is 10.9 Å². The van der Waals surface area contributed by atoms with Crippen molar-refractivity contribution in [2.75, 3.05) is 0 Å². The molecule has 6 heteroatoms. The molecular weight excluding hydrogens is 222 g/mol. The third kappa shape index (κ3) is 2.69. The Bertz CT molecular complexity index is 508. The summed E-state index contributed by atoms with van der Waals surface area (Å²) in [5.41, 5.74) is 4.65. The molecule has 2 rings (SSSR count). The summed E-state index contributed by atoms with van der Waals surface area (Å²) in [4.78, 5) is 26.7. The predicted octanol–water partition coefficient (Wildman–Crippen LogP) is 0.749. The minimum atomic E-state index is -0.528. The van der Waals surface area contributed by atoms with E-state index in [2.05, 4.69) is 15.8 Å². The van der Waals surface area contributed by atoms with Crippen molar-refractivity contribution in [2.45, 2.75) is 0 Å². The molecule has 2 heterocycles. The van der Waals surface area contributed by atoms with E-state index >= 15 is 0 Å². The number of hydrogen-bond acceptors (Lipinski definition) is 4. The van der Waals surface area contributed by atoms with E-state index in [0.29, 0.717) is 0 Å². The van der Waals surface area contributed by atoms with Crippen molar-refractivity contribution in [2.24, 2.45) is 0 Å². The third-order valence-electron chi connectivity index (χ3n) is 1.93. The van der Waals surface area contributed by atoms with Gasteiger partial charge in [0.15, 0.2) is 5.76 Å². The van der Waals surface area contributed by atoms with Gasteiger partial charge in [0.2, 0.25) is 0 Å². The molecule has 0 radical (unpaired) electrons. The zero-order valence-electron chi connectivity index (χ0n) is 8.71. The van der Waals surface area contributed by atoms with Crippen LogP contribution in [0.1, 0.15) is 21.0 Å². The first-order valence-corrected chi connectivity index (χ1v) is 4.82. The van der Waals surface area contributed by atoms with E-state index in [-0.39, 0.29) is 11.5 Å². The Morgan fingerprint density at radius 2 is 1.88 bits per heavy atom. The molecule has 86 valence electrons. The van der Waals surface area contributed by atoms with Gasteiger partial charge in [-0.25, -0.2) is 0 Å². The molecule has 0 saturated heterocycles. The Labute approximate surface area is 96.6 Å². The summed E-state index contributed by atoms with van der Waals surface area (Å²) >= 11 is 0. The lowest BCUT2D eigenvalue weighted by Gasteiger charge is -2.04. The molecule has 2 amide bonds. The fraction of sp³-hybridized carbons (Fsp3) is 0. The van der Waals surface area contributed by atoms with Crippen LogP contribution in [0.25, 0.3) is 0 Å². The average molecular weight is 231 g/mol. The van der Waals surface area contributed by atoms with Crippen LogP contribution in [-0.4, -0.2) is 16.8 Å². The zero-order valence-corrected chi connectivity index (χ0v) is 8.71. The van der Waals surface area contributed by atoms with E-state index in [1.165, 1.54) is 24.6 Å². The van der Waals surface area contributed by atoms with Crippen molar-refractivity contribution in [1.29, 1.82) is 0 Å². The second kappa shape index (κ2) is 4.93.